The van der Waals surface area contributed by atoms with Crippen LogP contribution < -0.4 is 5.32 Å². The lowest BCUT2D eigenvalue weighted by atomic mass is 9.74. The first-order valence-corrected chi connectivity index (χ1v) is 9.15. The van der Waals surface area contributed by atoms with Gasteiger partial charge in [-0.15, -0.1) is 0 Å². The number of urea groups is 1. The predicted octanol–water partition coefficient (Wildman–Crippen LogP) is 2.60. The first-order valence-electron chi connectivity index (χ1n) is 9.15. The van der Waals surface area contributed by atoms with Crippen LogP contribution in [0.3, 0.4) is 0 Å². The molecule has 2 heterocycles. The van der Waals surface area contributed by atoms with Crippen LogP contribution >= 0.6 is 0 Å². The van der Waals surface area contributed by atoms with E-state index in [2.05, 4.69) is 30.3 Å². The molecule has 3 rings (SSSR count). The number of hydrogen-bond donors (Lipinski definition) is 1. The lowest BCUT2D eigenvalue weighted by Gasteiger charge is -2.38. The van der Waals surface area contributed by atoms with Gasteiger partial charge in [0.05, 0.1) is 11.5 Å². The van der Waals surface area contributed by atoms with Gasteiger partial charge in [0.1, 0.15) is 0 Å². The molecule has 2 aliphatic rings. The number of benzene rings is 1. The molecule has 2 saturated heterocycles. The number of amides is 2. The number of nitrogens with one attached hydrogen (secondary N) is 1. The summed E-state index contributed by atoms with van der Waals surface area (Å²) >= 11 is 0. The van der Waals surface area contributed by atoms with E-state index in [9.17, 15) is 10.1 Å². The number of hydrogen-bond acceptors (Lipinski definition) is 3. The second-order valence-corrected chi connectivity index (χ2v) is 8.00. The Balaban J connectivity index is 1.55. The van der Waals surface area contributed by atoms with Crippen LogP contribution in [-0.4, -0.2) is 55.6 Å². The van der Waals surface area contributed by atoms with E-state index in [4.69, 9.17) is 0 Å². The Bertz CT molecular complexity index is 645. The molecule has 2 amide bonds. The van der Waals surface area contributed by atoms with Crippen molar-refractivity contribution in [1.82, 2.24) is 15.1 Å². The zero-order valence-corrected chi connectivity index (χ0v) is 15.3. The first kappa shape index (κ1) is 17.8. The predicted molar refractivity (Wildman–Crippen MR) is 98.2 cm³/mol. The molecule has 25 heavy (non-hydrogen) atoms. The molecule has 1 N–H and O–H groups in total. The van der Waals surface area contributed by atoms with Crippen LogP contribution in [0.2, 0.25) is 0 Å². The van der Waals surface area contributed by atoms with Crippen LogP contribution in [0.15, 0.2) is 30.3 Å². The van der Waals surface area contributed by atoms with E-state index >= 15 is 0 Å². The van der Waals surface area contributed by atoms with Crippen molar-refractivity contribution < 1.29 is 4.79 Å². The highest BCUT2D eigenvalue weighted by Crippen LogP contribution is 2.35. The number of carbonyl (C=O) groups is 1. The molecule has 1 aromatic carbocycles. The zero-order valence-electron chi connectivity index (χ0n) is 15.3. The number of likely N-dealkylation sites (tertiary alicyclic amines) is 2. The fourth-order valence-corrected chi connectivity index (χ4v) is 4.13. The summed E-state index contributed by atoms with van der Waals surface area (Å²) in [6.07, 6.45) is 2.51. The lowest BCUT2D eigenvalue weighted by Crippen LogP contribution is -2.50. The van der Waals surface area contributed by atoms with Crippen molar-refractivity contribution in [2.24, 2.45) is 5.41 Å². The molecule has 0 spiro atoms. The SMILES string of the molecule is CN1CCC(C)(CNC(=O)N2CCC(C#N)(c3ccccc3)CC2)C1. The minimum absolute atomic E-state index is 0.00961. The summed E-state index contributed by atoms with van der Waals surface area (Å²) in [5.41, 5.74) is 0.776. The summed E-state index contributed by atoms with van der Waals surface area (Å²) in [6.45, 7) is 6.34. The molecule has 2 fully saturated rings. The Labute approximate surface area is 150 Å². The average Bonchev–Trinajstić information content (AvgIpc) is 3.00. The number of carbonyl (C=O) groups excluding carboxylic acids is 1. The average molecular weight is 340 g/mol. The molecule has 2 aliphatic heterocycles. The quantitative estimate of drug-likeness (QED) is 0.920. The number of nitriles is 1. The molecular formula is C20H28N4O. The standard InChI is InChI=1S/C20H28N4O/c1-19(8-11-23(2)16-19)15-22-18(25)24-12-9-20(14-21,10-13-24)17-6-4-3-5-7-17/h3-7H,8-13,15-16H2,1-2H3,(H,22,25). The Morgan fingerprint density at radius 1 is 1.20 bits per heavy atom. The van der Waals surface area contributed by atoms with Crippen molar-refractivity contribution in [2.75, 3.05) is 39.8 Å². The molecule has 0 saturated carbocycles. The Morgan fingerprint density at radius 3 is 2.44 bits per heavy atom. The van der Waals surface area contributed by atoms with Gasteiger partial charge in [-0.25, -0.2) is 4.79 Å². The highest BCUT2D eigenvalue weighted by atomic mass is 16.2. The fraction of sp³-hybridized carbons (Fsp3) is 0.600. The fourth-order valence-electron chi connectivity index (χ4n) is 4.13. The maximum absolute atomic E-state index is 12.5. The molecule has 1 atom stereocenters. The summed E-state index contributed by atoms with van der Waals surface area (Å²) in [7, 11) is 2.13. The van der Waals surface area contributed by atoms with Crippen LogP contribution in [-0.2, 0) is 5.41 Å². The second-order valence-electron chi connectivity index (χ2n) is 8.00. The van der Waals surface area contributed by atoms with Gasteiger partial charge in [0, 0.05) is 26.2 Å². The maximum atomic E-state index is 12.5. The van der Waals surface area contributed by atoms with E-state index in [1.165, 1.54) is 0 Å². The summed E-state index contributed by atoms with van der Waals surface area (Å²) in [5.74, 6) is 0. The molecule has 1 aromatic rings. The number of rotatable bonds is 3. The van der Waals surface area contributed by atoms with Crippen molar-refractivity contribution in [3.8, 4) is 6.07 Å². The zero-order chi connectivity index (χ0) is 17.9. The van der Waals surface area contributed by atoms with Gasteiger partial charge in [0.2, 0.25) is 0 Å². The maximum Gasteiger partial charge on any atom is 0.317 e. The van der Waals surface area contributed by atoms with Crippen molar-refractivity contribution in [3.63, 3.8) is 0 Å². The van der Waals surface area contributed by atoms with Crippen LogP contribution in [0.25, 0.3) is 0 Å². The van der Waals surface area contributed by atoms with Crippen LogP contribution in [0, 0.1) is 16.7 Å². The molecule has 0 bridgehead atoms. The van der Waals surface area contributed by atoms with Crippen molar-refractivity contribution in [1.29, 1.82) is 5.26 Å². The third-order valence-electron chi connectivity index (χ3n) is 5.86. The van der Waals surface area contributed by atoms with Crippen molar-refractivity contribution in [2.45, 2.75) is 31.6 Å². The third-order valence-corrected chi connectivity index (χ3v) is 5.86. The molecule has 0 aliphatic carbocycles. The largest absolute Gasteiger partial charge is 0.337 e. The number of nitrogens with zero attached hydrogens (tertiary/aromatic N) is 3. The smallest absolute Gasteiger partial charge is 0.317 e. The summed E-state index contributed by atoms with van der Waals surface area (Å²) in [6, 6.07) is 12.5. The Hall–Kier alpha value is -2.06. The van der Waals surface area contributed by atoms with Crippen LogP contribution in [0.1, 0.15) is 31.7 Å². The minimum atomic E-state index is -0.460. The summed E-state index contributed by atoms with van der Waals surface area (Å²) < 4.78 is 0. The lowest BCUT2D eigenvalue weighted by molar-refractivity contribution is 0.166. The Kier molecular flexibility index (Phi) is 5.01. The van der Waals surface area contributed by atoms with E-state index in [1.54, 1.807) is 0 Å². The second kappa shape index (κ2) is 7.05. The minimum Gasteiger partial charge on any atom is -0.337 e. The van der Waals surface area contributed by atoms with Crippen molar-refractivity contribution in [3.05, 3.63) is 35.9 Å². The van der Waals surface area contributed by atoms with E-state index in [-0.39, 0.29) is 11.4 Å². The summed E-state index contributed by atoms with van der Waals surface area (Å²) in [5, 5.41) is 12.9. The van der Waals surface area contributed by atoms with Gasteiger partial charge in [-0.1, -0.05) is 37.3 Å². The molecule has 1 unspecified atom stereocenters. The Morgan fingerprint density at radius 2 is 1.88 bits per heavy atom. The van der Waals surface area contributed by atoms with E-state index < -0.39 is 5.41 Å². The monoisotopic (exact) mass is 340 g/mol. The topological polar surface area (TPSA) is 59.4 Å². The van der Waals surface area contributed by atoms with Crippen LogP contribution in [0.4, 0.5) is 4.79 Å². The van der Waals surface area contributed by atoms with Crippen LogP contribution in [0.5, 0.6) is 0 Å². The van der Waals surface area contributed by atoms with Gasteiger partial charge in [-0.2, -0.15) is 5.26 Å². The number of piperidine rings is 1. The normalized spacial score (nSPS) is 26.2. The molecule has 134 valence electrons. The van der Waals surface area contributed by atoms with Gasteiger partial charge < -0.3 is 15.1 Å². The van der Waals surface area contributed by atoms with E-state index in [0.717, 1.165) is 31.6 Å². The molecular weight excluding hydrogens is 312 g/mol. The first-order chi connectivity index (χ1) is 12.0. The molecule has 0 aromatic heterocycles. The van der Waals surface area contributed by atoms with Gasteiger partial charge in [-0.05, 0) is 43.8 Å². The van der Waals surface area contributed by atoms with E-state index in [0.29, 0.717) is 25.9 Å². The van der Waals surface area contributed by atoms with E-state index in [1.807, 2.05) is 35.2 Å². The highest BCUT2D eigenvalue weighted by molar-refractivity contribution is 5.74. The molecule has 5 nitrogen and oxygen atoms in total. The molecule has 0 radical (unpaired) electrons. The van der Waals surface area contributed by atoms with Gasteiger partial charge in [0.25, 0.3) is 0 Å². The molecule has 5 heteroatoms. The van der Waals surface area contributed by atoms with Gasteiger partial charge in [-0.3, -0.25) is 0 Å². The highest BCUT2D eigenvalue weighted by Gasteiger charge is 2.38. The van der Waals surface area contributed by atoms with Gasteiger partial charge >= 0.3 is 6.03 Å². The third kappa shape index (κ3) is 3.80. The summed E-state index contributed by atoms with van der Waals surface area (Å²) in [4.78, 5) is 16.7. The van der Waals surface area contributed by atoms with Crippen molar-refractivity contribution >= 4 is 6.03 Å². The van der Waals surface area contributed by atoms with Gasteiger partial charge in [0.15, 0.2) is 0 Å².